The zero-order chi connectivity index (χ0) is 13.5. The molecule has 0 bridgehead atoms. The fourth-order valence-electron chi connectivity index (χ4n) is 2.06. The Hall–Kier alpha value is -0.930. The average Bonchev–Trinajstić information content (AvgIpc) is 2.40. The van der Waals surface area contributed by atoms with E-state index in [1.807, 2.05) is 19.2 Å². The Morgan fingerprint density at radius 1 is 1.28 bits per heavy atom. The maximum Gasteiger partial charge on any atom is 0.146 e. The van der Waals surface area contributed by atoms with Gasteiger partial charge < -0.3 is 14.8 Å². The minimum absolute atomic E-state index is 0.253. The number of rotatable bonds is 7. The monoisotopic (exact) mass is 271 g/mol. The molecule has 4 heteroatoms. The Labute approximate surface area is 114 Å². The number of hydrogen-bond acceptors (Lipinski definition) is 3. The van der Waals surface area contributed by atoms with Crippen molar-refractivity contribution in [1.82, 2.24) is 5.32 Å². The Bertz CT molecular complexity index is 382. The molecule has 1 rings (SSSR count). The van der Waals surface area contributed by atoms with Crippen LogP contribution >= 0.6 is 11.6 Å². The first-order valence-corrected chi connectivity index (χ1v) is 6.65. The summed E-state index contributed by atoms with van der Waals surface area (Å²) in [4.78, 5) is 0. The van der Waals surface area contributed by atoms with E-state index < -0.39 is 0 Å². The van der Waals surface area contributed by atoms with Crippen LogP contribution in [-0.2, 0) is 0 Å². The molecule has 0 aliphatic carbocycles. The number of halogens is 1. The molecule has 0 saturated heterocycles. The summed E-state index contributed by atoms with van der Waals surface area (Å²) >= 11 is 6.27. The van der Waals surface area contributed by atoms with Crippen molar-refractivity contribution in [3.05, 3.63) is 22.7 Å². The fraction of sp³-hybridized carbons (Fsp3) is 0.571. The molecular formula is C14H22ClNO2. The molecule has 0 aromatic heterocycles. The molecule has 102 valence electrons. The molecule has 18 heavy (non-hydrogen) atoms. The van der Waals surface area contributed by atoms with Gasteiger partial charge in [0.2, 0.25) is 0 Å². The van der Waals surface area contributed by atoms with Crippen molar-refractivity contribution in [2.45, 2.75) is 32.2 Å². The first-order chi connectivity index (χ1) is 8.69. The van der Waals surface area contributed by atoms with Crippen LogP contribution in [0.5, 0.6) is 11.5 Å². The zero-order valence-corrected chi connectivity index (χ0v) is 12.3. The molecule has 0 aliphatic heterocycles. The maximum absolute atomic E-state index is 6.27. The van der Waals surface area contributed by atoms with Crippen LogP contribution in [-0.4, -0.2) is 21.3 Å². The van der Waals surface area contributed by atoms with Crippen molar-refractivity contribution in [3.63, 3.8) is 0 Å². The van der Waals surface area contributed by atoms with Gasteiger partial charge in [0.1, 0.15) is 16.5 Å². The van der Waals surface area contributed by atoms with Gasteiger partial charge in [0.25, 0.3) is 0 Å². The van der Waals surface area contributed by atoms with Crippen LogP contribution in [0.25, 0.3) is 0 Å². The lowest BCUT2D eigenvalue weighted by atomic mass is 10.00. The van der Waals surface area contributed by atoms with Gasteiger partial charge in [-0.15, -0.1) is 0 Å². The van der Waals surface area contributed by atoms with E-state index in [4.69, 9.17) is 21.1 Å². The van der Waals surface area contributed by atoms with E-state index in [1.54, 1.807) is 14.2 Å². The van der Waals surface area contributed by atoms with Crippen molar-refractivity contribution in [2.24, 2.45) is 0 Å². The predicted molar refractivity (Wildman–Crippen MR) is 75.9 cm³/mol. The molecule has 1 unspecified atom stereocenters. The van der Waals surface area contributed by atoms with Crippen LogP contribution in [0.1, 0.15) is 37.8 Å². The van der Waals surface area contributed by atoms with Crippen LogP contribution in [0.15, 0.2) is 12.1 Å². The van der Waals surface area contributed by atoms with Gasteiger partial charge in [0.05, 0.1) is 14.2 Å². The molecule has 1 aromatic carbocycles. The van der Waals surface area contributed by atoms with Crippen LogP contribution in [0, 0.1) is 0 Å². The molecule has 0 radical (unpaired) electrons. The summed E-state index contributed by atoms with van der Waals surface area (Å²) in [6.45, 7) is 2.19. The zero-order valence-electron chi connectivity index (χ0n) is 11.5. The summed E-state index contributed by atoms with van der Waals surface area (Å²) in [7, 11) is 5.20. The van der Waals surface area contributed by atoms with Crippen LogP contribution in [0.4, 0.5) is 0 Å². The lowest BCUT2D eigenvalue weighted by Crippen LogP contribution is -2.17. The summed E-state index contributed by atoms with van der Waals surface area (Å²) in [5.74, 6) is 1.34. The minimum Gasteiger partial charge on any atom is -0.495 e. The van der Waals surface area contributed by atoms with E-state index in [1.165, 1.54) is 6.42 Å². The molecule has 0 fully saturated rings. The Morgan fingerprint density at radius 3 is 2.50 bits per heavy atom. The van der Waals surface area contributed by atoms with E-state index in [0.29, 0.717) is 16.5 Å². The molecule has 0 spiro atoms. The second-order valence-electron chi connectivity index (χ2n) is 4.19. The van der Waals surface area contributed by atoms with Gasteiger partial charge in [-0.05, 0) is 25.6 Å². The fourth-order valence-corrected chi connectivity index (χ4v) is 2.38. The number of unbranched alkanes of at least 4 members (excludes halogenated alkanes) is 1. The highest BCUT2D eigenvalue weighted by Crippen LogP contribution is 2.40. The van der Waals surface area contributed by atoms with Crippen molar-refractivity contribution in [2.75, 3.05) is 21.3 Å². The topological polar surface area (TPSA) is 30.5 Å². The Balaban J connectivity index is 3.10. The third-order valence-electron chi connectivity index (χ3n) is 3.09. The second-order valence-corrected chi connectivity index (χ2v) is 4.57. The molecule has 0 heterocycles. The lowest BCUT2D eigenvalue weighted by molar-refractivity contribution is 0.383. The van der Waals surface area contributed by atoms with Gasteiger partial charge in [-0.1, -0.05) is 31.4 Å². The smallest absolute Gasteiger partial charge is 0.146 e. The molecule has 0 aliphatic rings. The Kier molecular flexibility index (Phi) is 6.30. The summed E-state index contributed by atoms with van der Waals surface area (Å²) in [5, 5.41) is 3.85. The normalized spacial score (nSPS) is 12.3. The first kappa shape index (κ1) is 15.1. The lowest BCUT2D eigenvalue weighted by Gasteiger charge is -2.21. The number of nitrogens with one attached hydrogen (secondary N) is 1. The van der Waals surface area contributed by atoms with Gasteiger partial charge in [0, 0.05) is 11.6 Å². The minimum atomic E-state index is 0.253. The van der Waals surface area contributed by atoms with Crippen LogP contribution < -0.4 is 14.8 Å². The molecule has 3 nitrogen and oxygen atoms in total. The molecule has 0 amide bonds. The molecule has 1 aromatic rings. The van der Waals surface area contributed by atoms with E-state index >= 15 is 0 Å². The van der Waals surface area contributed by atoms with E-state index in [9.17, 15) is 0 Å². The molecule has 1 N–H and O–H groups in total. The highest BCUT2D eigenvalue weighted by atomic mass is 35.5. The summed E-state index contributed by atoms with van der Waals surface area (Å²) in [5.41, 5.74) is 1.08. The quantitative estimate of drug-likeness (QED) is 0.818. The first-order valence-electron chi connectivity index (χ1n) is 6.27. The molecule has 1 atom stereocenters. The van der Waals surface area contributed by atoms with Crippen LogP contribution in [0.2, 0.25) is 5.02 Å². The summed E-state index contributed by atoms with van der Waals surface area (Å²) in [6.07, 6.45) is 3.40. The third-order valence-corrected chi connectivity index (χ3v) is 3.44. The predicted octanol–water partition coefficient (Wildman–Crippen LogP) is 3.81. The van der Waals surface area contributed by atoms with E-state index in [2.05, 4.69) is 12.2 Å². The van der Waals surface area contributed by atoms with Gasteiger partial charge in [0.15, 0.2) is 0 Å². The van der Waals surface area contributed by atoms with Gasteiger partial charge >= 0.3 is 0 Å². The highest BCUT2D eigenvalue weighted by Gasteiger charge is 2.19. The van der Waals surface area contributed by atoms with Crippen molar-refractivity contribution in [3.8, 4) is 11.5 Å². The van der Waals surface area contributed by atoms with Gasteiger partial charge in [-0.25, -0.2) is 0 Å². The number of methoxy groups -OCH3 is 2. The summed E-state index contributed by atoms with van der Waals surface area (Å²) < 4.78 is 10.6. The average molecular weight is 272 g/mol. The van der Waals surface area contributed by atoms with Gasteiger partial charge in [-0.3, -0.25) is 0 Å². The maximum atomic E-state index is 6.27. The van der Waals surface area contributed by atoms with E-state index in [-0.39, 0.29) is 6.04 Å². The number of hydrogen-bond donors (Lipinski definition) is 1. The standard InChI is InChI=1S/C14H22ClNO2/c1-5-6-7-11(16-2)10-8-9-12(17-3)13(15)14(10)18-4/h8-9,11,16H,5-7H2,1-4H3. The number of benzene rings is 1. The van der Waals surface area contributed by atoms with Crippen molar-refractivity contribution < 1.29 is 9.47 Å². The molecule has 0 saturated carbocycles. The molecular weight excluding hydrogens is 250 g/mol. The van der Waals surface area contributed by atoms with Crippen molar-refractivity contribution >= 4 is 11.6 Å². The van der Waals surface area contributed by atoms with Crippen LogP contribution in [0.3, 0.4) is 0 Å². The largest absolute Gasteiger partial charge is 0.495 e. The Morgan fingerprint density at radius 2 is 2.00 bits per heavy atom. The number of ether oxygens (including phenoxy) is 2. The van der Waals surface area contributed by atoms with Gasteiger partial charge in [-0.2, -0.15) is 0 Å². The van der Waals surface area contributed by atoms with Crippen molar-refractivity contribution in [1.29, 1.82) is 0 Å². The highest BCUT2D eigenvalue weighted by molar-refractivity contribution is 6.33. The van der Waals surface area contributed by atoms with E-state index in [0.717, 1.165) is 18.4 Å². The third kappa shape index (κ3) is 3.30. The summed E-state index contributed by atoms with van der Waals surface area (Å²) in [6, 6.07) is 4.15. The second kappa shape index (κ2) is 7.49. The SMILES string of the molecule is CCCCC(NC)c1ccc(OC)c(Cl)c1OC.